The third-order valence-electron chi connectivity index (χ3n) is 10.3. The van der Waals surface area contributed by atoms with Crippen molar-refractivity contribution >= 4 is 35.2 Å². The molecule has 1 saturated heterocycles. The molecule has 0 bridgehead atoms. The van der Waals surface area contributed by atoms with Crippen molar-refractivity contribution < 1.29 is 29.0 Å². The first-order chi connectivity index (χ1) is 24.4. The van der Waals surface area contributed by atoms with E-state index in [2.05, 4.69) is 32.8 Å². The Balaban J connectivity index is 1.02. The monoisotopic (exact) mass is 719 g/mol. The molecule has 3 aliphatic rings. The van der Waals surface area contributed by atoms with E-state index in [1.165, 1.54) is 4.90 Å². The van der Waals surface area contributed by atoms with E-state index in [0.717, 1.165) is 53.8 Å². The number of aryl methyl sites for hydroxylation is 1. The van der Waals surface area contributed by atoms with Gasteiger partial charge in [0, 0.05) is 45.3 Å². The Kier molecular flexibility index (Phi) is 13.1. The highest BCUT2D eigenvalue weighted by atomic mass is 32.1. The number of hydrogen-bond acceptors (Lipinski definition) is 8. The number of carbonyl (C=O) groups excluding carboxylic acids is 4. The molecule has 2 fully saturated rings. The molecule has 5 rings (SSSR count). The van der Waals surface area contributed by atoms with Crippen LogP contribution in [-0.4, -0.2) is 76.7 Å². The highest BCUT2D eigenvalue weighted by Crippen LogP contribution is 2.52. The van der Waals surface area contributed by atoms with E-state index in [-0.39, 0.29) is 43.7 Å². The second-order valence-corrected chi connectivity index (χ2v) is 16.1. The number of aliphatic hydroxyl groups excluding tert-OH is 1. The van der Waals surface area contributed by atoms with Gasteiger partial charge in [-0.05, 0) is 66.9 Å². The maximum absolute atomic E-state index is 13.9. The van der Waals surface area contributed by atoms with Crippen molar-refractivity contribution in [3.05, 3.63) is 41.0 Å². The second kappa shape index (κ2) is 17.5. The van der Waals surface area contributed by atoms with Gasteiger partial charge < -0.3 is 30.7 Å². The molecule has 11 nitrogen and oxygen atoms in total. The summed E-state index contributed by atoms with van der Waals surface area (Å²) >= 11 is 1.58. The van der Waals surface area contributed by atoms with Gasteiger partial charge in [0.1, 0.15) is 12.1 Å². The third-order valence-corrected chi connectivity index (χ3v) is 11.3. The van der Waals surface area contributed by atoms with Crippen LogP contribution in [0.5, 0.6) is 0 Å². The average molecular weight is 720 g/mol. The standard InChI is InChI=1S/C39H53N5O6S/c1-25-34(51-24-42-25)27-17-15-26(16-18-27)21-41-36(47)32-20-28(45)22-44(32)37(48)35(39(2,3)4)43-33(46)14-10-7-11-19-40-38(49)50-23-31-29-12-8-5-6-9-13-30(29)31/h15-18,24,28-32,35,45H,7-14,19-23H2,1-4H3,(H,40,49)(H,41,47)(H,43,46)/t28-,29-,30+,31?,32+,35-/m1/s1. The number of β-amino-alcohol motifs (C(OH)–C–C–N with tert-alkyl or cyclic N) is 1. The lowest BCUT2D eigenvalue weighted by molar-refractivity contribution is -0.144. The Bertz CT molecular complexity index is 1570. The summed E-state index contributed by atoms with van der Waals surface area (Å²) in [5, 5.41) is 19.2. The predicted molar refractivity (Wildman–Crippen MR) is 196 cm³/mol. The van der Waals surface area contributed by atoms with Crippen LogP contribution in [0.2, 0.25) is 0 Å². The molecule has 51 heavy (non-hydrogen) atoms. The molecule has 276 valence electrons. The highest BCUT2D eigenvalue weighted by molar-refractivity contribution is 7.13. The van der Waals surface area contributed by atoms with Gasteiger partial charge in [-0.3, -0.25) is 14.4 Å². The molecular weight excluding hydrogens is 667 g/mol. The zero-order chi connectivity index (χ0) is 36.5. The number of rotatable bonds is 14. The number of unbranched alkanes of at least 4 members (excludes halogenated alkanes) is 2. The van der Waals surface area contributed by atoms with E-state index in [4.69, 9.17) is 4.74 Å². The summed E-state index contributed by atoms with van der Waals surface area (Å²) in [5.41, 5.74) is 4.14. The number of aliphatic hydroxyl groups is 1. The second-order valence-electron chi connectivity index (χ2n) is 15.2. The van der Waals surface area contributed by atoms with Crippen molar-refractivity contribution in [3.63, 3.8) is 0 Å². The molecule has 0 spiro atoms. The molecule has 6 atom stereocenters. The molecule has 2 aliphatic carbocycles. The summed E-state index contributed by atoms with van der Waals surface area (Å²) < 4.78 is 5.47. The molecular formula is C39H53N5O6S. The van der Waals surface area contributed by atoms with Crippen molar-refractivity contribution in [2.75, 3.05) is 19.7 Å². The number of amides is 4. The van der Waals surface area contributed by atoms with Crippen LogP contribution >= 0.6 is 11.3 Å². The van der Waals surface area contributed by atoms with Crippen molar-refractivity contribution in [3.8, 4) is 22.3 Å². The van der Waals surface area contributed by atoms with Gasteiger partial charge in [-0.25, -0.2) is 9.78 Å². The van der Waals surface area contributed by atoms with Crippen molar-refractivity contribution in [1.29, 1.82) is 0 Å². The number of alkyl carbamates (subject to hydrolysis) is 1. The fourth-order valence-corrected chi connectivity index (χ4v) is 8.11. The largest absolute Gasteiger partial charge is 0.449 e. The molecule has 2 heterocycles. The van der Waals surface area contributed by atoms with Crippen molar-refractivity contribution in [2.45, 2.75) is 110 Å². The molecule has 1 aliphatic heterocycles. The minimum atomic E-state index is -0.874. The van der Waals surface area contributed by atoms with Gasteiger partial charge in [0.15, 0.2) is 0 Å². The first-order valence-corrected chi connectivity index (χ1v) is 19.2. The maximum atomic E-state index is 13.9. The van der Waals surface area contributed by atoms with Crippen LogP contribution in [0, 0.1) is 41.9 Å². The van der Waals surface area contributed by atoms with Crippen LogP contribution in [0.25, 0.3) is 10.4 Å². The molecule has 1 saturated carbocycles. The van der Waals surface area contributed by atoms with Gasteiger partial charge in [0.05, 0.1) is 28.8 Å². The Morgan fingerprint density at radius 3 is 2.39 bits per heavy atom. The topological polar surface area (TPSA) is 150 Å². The fourth-order valence-electron chi connectivity index (χ4n) is 7.30. The molecule has 1 aromatic heterocycles. The van der Waals surface area contributed by atoms with E-state index in [1.807, 2.05) is 57.5 Å². The minimum Gasteiger partial charge on any atom is -0.449 e. The quantitative estimate of drug-likeness (QED) is 0.159. The Morgan fingerprint density at radius 2 is 1.75 bits per heavy atom. The van der Waals surface area contributed by atoms with Gasteiger partial charge in [-0.1, -0.05) is 51.5 Å². The summed E-state index contributed by atoms with van der Waals surface area (Å²) in [5.74, 6) is 7.13. The summed E-state index contributed by atoms with van der Waals surface area (Å²) in [7, 11) is 0. The first kappa shape index (κ1) is 38.3. The minimum absolute atomic E-state index is 0.0223. The van der Waals surface area contributed by atoms with Crippen LogP contribution in [0.1, 0.15) is 89.8 Å². The lowest BCUT2D eigenvalue weighted by Gasteiger charge is -2.35. The number of likely N-dealkylation sites (tertiary alicyclic amines) is 1. The molecule has 4 N–H and O–H groups in total. The predicted octanol–water partition coefficient (Wildman–Crippen LogP) is 4.95. The molecule has 1 unspecified atom stereocenters. The number of benzene rings is 1. The lowest BCUT2D eigenvalue weighted by atomic mass is 9.85. The van der Waals surface area contributed by atoms with Gasteiger partial charge in [0.2, 0.25) is 17.7 Å². The number of fused-ring (bicyclic) bond motifs is 1. The fraction of sp³-hybridized carbons (Fsp3) is 0.615. The summed E-state index contributed by atoms with van der Waals surface area (Å²) in [6.07, 6.45) is 5.20. The number of aromatic nitrogens is 1. The van der Waals surface area contributed by atoms with Gasteiger partial charge in [0.25, 0.3) is 0 Å². The van der Waals surface area contributed by atoms with E-state index in [1.54, 1.807) is 11.3 Å². The number of carbonyl (C=O) groups is 4. The maximum Gasteiger partial charge on any atom is 0.407 e. The van der Waals surface area contributed by atoms with Crippen LogP contribution < -0.4 is 16.0 Å². The zero-order valence-electron chi connectivity index (χ0n) is 30.3. The lowest BCUT2D eigenvalue weighted by Crippen LogP contribution is -2.57. The first-order valence-electron chi connectivity index (χ1n) is 18.3. The van der Waals surface area contributed by atoms with Gasteiger partial charge in [-0.2, -0.15) is 0 Å². The summed E-state index contributed by atoms with van der Waals surface area (Å²) in [4.78, 5) is 59.2. The number of nitrogens with one attached hydrogen (secondary N) is 3. The number of hydrogen-bond donors (Lipinski definition) is 4. The van der Waals surface area contributed by atoms with Crippen molar-refractivity contribution in [1.82, 2.24) is 25.8 Å². The average Bonchev–Trinajstić information content (AvgIpc) is 3.33. The SMILES string of the molecule is Cc1ncsc1-c1ccc(CNC(=O)[C@@H]2C[C@@H](O)CN2C(=O)[C@@H](NC(=O)CCCCCNC(=O)OCC2[C@H]3CCC#CCC[C@@H]23)C(C)(C)C)cc1. The number of ether oxygens (including phenoxy) is 1. The van der Waals surface area contributed by atoms with Crippen LogP contribution in [0.3, 0.4) is 0 Å². The Hall–Kier alpha value is -3.95. The van der Waals surface area contributed by atoms with Crippen LogP contribution in [0.15, 0.2) is 29.8 Å². The molecule has 12 heteroatoms. The zero-order valence-corrected chi connectivity index (χ0v) is 31.2. The molecule has 4 amide bonds. The van der Waals surface area contributed by atoms with E-state index < -0.39 is 29.7 Å². The molecule has 2 aromatic rings. The van der Waals surface area contributed by atoms with Crippen molar-refractivity contribution in [2.24, 2.45) is 23.2 Å². The highest BCUT2D eigenvalue weighted by Gasteiger charge is 2.49. The van der Waals surface area contributed by atoms with Crippen LogP contribution in [0.4, 0.5) is 4.79 Å². The summed E-state index contributed by atoms with van der Waals surface area (Å²) in [6.45, 7) is 8.81. The Morgan fingerprint density at radius 1 is 1.04 bits per heavy atom. The number of thiazole rings is 1. The van der Waals surface area contributed by atoms with Gasteiger partial charge >= 0.3 is 6.09 Å². The normalized spacial score (nSPS) is 23.1. The molecule has 1 aromatic carbocycles. The smallest absolute Gasteiger partial charge is 0.407 e. The van der Waals surface area contributed by atoms with E-state index in [9.17, 15) is 24.3 Å². The molecule has 0 radical (unpaired) electrons. The Labute approximate surface area is 305 Å². The van der Waals surface area contributed by atoms with E-state index >= 15 is 0 Å². The van der Waals surface area contributed by atoms with E-state index in [0.29, 0.717) is 43.7 Å². The number of nitrogens with zero attached hydrogens (tertiary/aromatic N) is 2. The summed E-state index contributed by atoms with van der Waals surface area (Å²) in [6, 6.07) is 6.19. The third kappa shape index (κ3) is 10.5. The van der Waals surface area contributed by atoms with Gasteiger partial charge in [-0.15, -0.1) is 23.2 Å². The van der Waals surface area contributed by atoms with Crippen LogP contribution in [-0.2, 0) is 25.7 Å².